The van der Waals surface area contributed by atoms with Gasteiger partial charge < -0.3 is 15.3 Å². The lowest BCUT2D eigenvalue weighted by atomic mass is 10.0. The zero-order valence-corrected chi connectivity index (χ0v) is 12.1. The normalized spacial score (nSPS) is 20.3. The maximum Gasteiger partial charge on any atom is 0.0741 e. The fourth-order valence-corrected chi connectivity index (χ4v) is 2.47. The lowest BCUT2D eigenvalue weighted by Crippen LogP contribution is -2.47. The topological polar surface area (TPSA) is 35.5 Å². The zero-order chi connectivity index (χ0) is 13.7. The maximum atomic E-state index is 10.0. The van der Waals surface area contributed by atoms with E-state index in [1.54, 1.807) is 0 Å². The van der Waals surface area contributed by atoms with E-state index < -0.39 is 5.60 Å². The van der Waals surface area contributed by atoms with Crippen LogP contribution in [0.4, 0.5) is 5.69 Å². The fourth-order valence-electron chi connectivity index (χ4n) is 2.47. The van der Waals surface area contributed by atoms with Crippen molar-refractivity contribution >= 4 is 5.69 Å². The van der Waals surface area contributed by atoms with Crippen molar-refractivity contribution in [2.45, 2.75) is 44.8 Å². The van der Waals surface area contributed by atoms with Gasteiger partial charge >= 0.3 is 0 Å². The highest BCUT2D eigenvalue weighted by molar-refractivity contribution is 5.46. The SMILES string of the molecule is CC[C@@](C)(O)CNC1CCN(c2ccccc2)CC1. The van der Waals surface area contributed by atoms with Crippen LogP contribution in [0.5, 0.6) is 0 Å². The van der Waals surface area contributed by atoms with Crippen molar-refractivity contribution < 1.29 is 5.11 Å². The molecule has 2 rings (SSSR count). The number of anilines is 1. The highest BCUT2D eigenvalue weighted by Crippen LogP contribution is 2.19. The van der Waals surface area contributed by atoms with Gasteiger partial charge in [-0.15, -0.1) is 0 Å². The van der Waals surface area contributed by atoms with Crippen LogP contribution >= 0.6 is 0 Å². The average molecular weight is 262 g/mol. The number of benzene rings is 1. The van der Waals surface area contributed by atoms with Crippen LogP contribution in [-0.2, 0) is 0 Å². The molecule has 1 heterocycles. The molecule has 2 N–H and O–H groups in total. The van der Waals surface area contributed by atoms with Gasteiger partial charge in [-0.1, -0.05) is 25.1 Å². The van der Waals surface area contributed by atoms with Crippen LogP contribution in [-0.4, -0.2) is 36.4 Å². The van der Waals surface area contributed by atoms with E-state index in [0.717, 1.165) is 32.4 Å². The number of hydrogen-bond acceptors (Lipinski definition) is 3. The van der Waals surface area contributed by atoms with E-state index in [9.17, 15) is 5.11 Å². The van der Waals surface area contributed by atoms with Gasteiger partial charge in [-0.2, -0.15) is 0 Å². The molecule has 0 aliphatic carbocycles. The Hall–Kier alpha value is -1.06. The molecule has 0 saturated carbocycles. The number of piperidine rings is 1. The van der Waals surface area contributed by atoms with Gasteiger partial charge in [0.1, 0.15) is 0 Å². The Morgan fingerprint density at radius 2 is 1.89 bits per heavy atom. The quantitative estimate of drug-likeness (QED) is 0.855. The highest BCUT2D eigenvalue weighted by Gasteiger charge is 2.22. The van der Waals surface area contributed by atoms with Crippen molar-refractivity contribution in [2.75, 3.05) is 24.5 Å². The van der Waals surface area contributed by atoms with Crippen LogP contribution in [0.15, 0.2) is 30.3 Å². The lowest BCUT2D eigenvalue weighted by molar-refractivity contribution is 0.0519. The van der Waals surface area contributed by atoms with Crippen molar-refractivity contribution in [2.24, 2.45) is 0 Å². The van der Waals surface area contributed by atoms with Crippen LogP contribution in [0.1, 0.15) is 33.1 Å². The molecule has 1 aliphatic heterocycles. The molecule has 0 spiro atoms. The summed E-state index contributed by atoms with van der Waals surface area (Å²) >= 11 is 0. The van der Waals surface area contributed by atoms with Crippen molar-refractivity contribution in [3.63, 3.8) is 0 Å². The summed E-state index contributed by atoms with van der Waals surface area (Å²) in [5, 5.41) is 13.5. The summed E-state index contributed by atoms with van der Waals surface area (Å²) in [5.41, 5.74) is 0.748. The fraction of sp³-hybridized carbons (Fsp3) is 0.625. The molecule has 1 aromatic carbocycles. The van der Waals surface area contributed by atoms with Gasteiger partial charge in [0, 0.05) is 31.4 Å². The largest absolute Gasteiger partial charge is 0.389 e. The number of aliphatic hydroxyl groups is 1. The van der Waals surface area contributed by atoms with E-state index in [2.05, 4.69) is 40.5 Å². The minimum Gasteiger partial charge on any atom is -0.389 e. The molecule has 1 aliphatic rings. The Bertz CT molecular complexity index is 370. The first-order valence-electron chi connectivity index (χ1n) is 7.36. The molecule has 1 saturated heterocycles. The number of rotatable bonds is 5. The minimum absolute atomic E-state index is 0.540. The molecule has 3 nitrogen and oxygen atoms in total. The number of nitrogens with zero attached hydrogens (tertiary/aromatic N) is 1. The van der Waals surface area contributed by atoms with Crippen LogP contribution in [0, 0.1) is 0 Å². The smallest absolute Gasteiger partial charge is 0.0741 e. The predicted molar refractivity (Wildman–Crippen MR) is 80.6 cm³/mol. The molecular formula is C16H26N2O. The summed E-state index contributed by atoms with van der Waals surface area (Å²) in [6, 6.07) is 11.1. The van der Waals surface area contributed by atoms with E-state index in [4.69, 9.17) is 0 Å². The highest BCUT2D eigenvalue weighted by atomic mass is 16.3. The Morgan fingerprint density at radius 1 is 1.26 bits per heavy atom. The Balaban J connectivity index is 1.77. The summed E-state index contributed by atoms with van der Waals surface area (Å²) in [5.74, 6) is 0. The Morgan fingerprint density at radius 3 is 2.47 bits per heavy atom. The van der Waals surface area contributed by atoms with Crippen molar-refractivity contribution in [3.8, 4) is 0 Å². The van der Waals surface area contributed by atoms with Gasteiger partial charge in [0.25, 0.3) is 0 Å². The summed E-state index contributed by atoms with van der Waals surface area (Å²) in [4.78, 5) is 2.44. The van der Waals surface area contributed by atoms with Crippen LogP contribution in [0.25, 0.3) is 0 Å². The molecule has 106 valence electrons. The number of para-hydroxylation sites is 1. The first kappa shape index (κ1) is 14.4. The molecule has 3 heteroatoms. The van der Waals surface area contributed by atoms with Gasteiger partial charge in [0.2, 0.25) is 0 Å². The molecule has 0 radical (unpaired) electrons. The van der Waals surface area contributed by atoms with Gasteiger partial charge in [0.05, 0.1) is 5.60 Å². The number of nitrogens with one attached hydrogen (secondary N) is 1. The van der Waals surface area contributed by atoms with Gasteiger partial charge in [-0.25, -0.2) is 0 Å². The molecule has 0 unspecified atom stereocenters. The second-order valence-electron chi connectivity index (χ2n) is 5.83. The average Bonchev–Trinajstić information content (AvgIpc) is 2.47. The molecule has 1 aromatic rings. The molecule has 0 bridgehead atoms. The first-order chi connectivity index (χ1) is 9.11. The molecule has 0 aromatic heterocycles. The third kappa shape index (κ3) is 4.22. The summed E-state index contributed by atoms with van der Waals surface area (Å²) in [7, 11) is 0. The number of hydrogen-bond donors (Lipinski definition) is 2. The Labute approximate surface area is 116 Å². The predicted octanol–water partition coefficient (Wildman–Crippen LogP) is 2.41. The monoisotopic (exact) mass is 262 g/mol. The second-order valence-corrected chi connectivity index (χ2v) is 5.83. The van der Waals surface area contributed by atoms with Crippen molar-refractivity contribution in [1.29, 1.82) is 0 Å². The zero-order valence-electron chi connectivity index (χ0n) is 12.1. The van der Waals surface area contributed by atoms with Crippen LogP contribution in [0.3, 0.4) is 0 Å². The van der Waals surface area contributed by atoms with Gasteiger partial charge in [-0.05, 0) is 38.3 Å². The maximum absolute atomic E-state index is 10.0. The standard InChI is InChI=1S/C16H26N2O/c1-3-16(2,19)13-17-14-9-11-18(12-10-14)15-7-5-4-6-8-15/h4-8,14,17,19H,3,9-13H2,1-2H3/t16-/m1/s1. The third-order valence-corrected chi connectivity index (χ3v) is 4.15. The van der Waals surface area contributed by atoms with Crippen LogP contribution < -0.4 is 10.2 Å². The molecule has 19 heavy (non-hydrogen) atoms. The van der Waals surface area contributed by atoms with Gasteiger partial charge in [-0.3, -0.25) is 0 Å². The summed E-state index contributed by atoms with van der Waals surface area (Å²) in [6.45, 7) is 6.81. The Kier molecular flexibility index (Phi) is 4.83. The minimum atomic E-state index is -0.573. The first-order valence-corrected chi connectivity index (χ1v) is 7.36. The second kappa shape index (κ2) is 6.40. The van der Waals surface area contributed by atoms with E-state index in [1.807, 2.05) is 13.8 Å². The van der Waals surface area contributed by atoms with Crippen molar-refractivity contribution in [1.82, 2.24) is 5.32 Å². The van der Waals surface area contributed by atoms with Gasteiger partial charge in [0.15, 0.2) is 0 Å². The van der Waals surface area contributed by atoms with Crippen molar-refractivity contribution in [3.05, 3.63) is 30.3 Å². The lowest BCUT2D eigenvalue weighted by Gasteiger charge is -2.35. The molecule has 1 atom stereocenters. The van der Waals surface area contributed by atoms with E-state index in [0.29, 0.717) is 12.6 Å². The van der Waals surface area contributed by atoms with E-state index in [1.165, 1.54) is 5.69 Å². The summed E-state index contributed by atoms with van der Waals surface area (Å²) in [6.07, 6.45) is 3.09. The molecule has 0 amide bonds. The van der Waals surface area contributed by atoms with Crippen LogP contribution in [0.2, 0.25) is 0 Å². The summed E-state index contributed by atoms with van der Waals surface area (Å²) < 4.78 is 0. The van der Waals surface area contributed by atoms with E-state index >= 15 is 0 Å². The third-order valence-electron chi connectivity index (χ3n) is 4.15. The molecular weight excluding hydrogens is 236 g/mol. The van der Waals surface area contributed by atoms with E-state index in [-0.39, 0.29) is 0 Å². The molecule has 1 fully saturated rings.